The Kier molecular flexibility index (Phi) is 4.71. The van der Waals surface area contributed by atoms with Crippen LogP contribution in [0.3, 0.4) is 0 Å². The first-order valence-electron chi connectivity index (χ1n) is 10.1. The average molecular weight is 399 g/mol. The second kappa shape index (κ2) is 7.67. The summed E-state index contributed by atoms with van der Waals surface area (Å²) in [4.78, 5) is 25.5. The number of amides is 1. The number of hydrogen-bond acceptors (Lipinski definition) is 4. The van der Waals surface area contributed by atoms with Crippen LogP contribution in [0.5, 0.6) is 5.75 Å². The van der Waals surface area contributed by atoms with Gasteiger partial charge in [-0.25, -0.2) is 4.79 Å². The van der Waals surface area contributed by atoms with Gasteiger partial charge in [-0.3, -0.25) is 4.79 Å². The van der Waals surface area contributed by atoms with Crippen molar-refractivity contribution in [3.05, 3.63) is 89.0 Å². The Labute approximate surface area is 174 Å². The van der Waals surface area contributed by atoms with Crippen molar-refractivity contribution in [3.8, 4) is 16.9 Å². The van der Waals surface area contributed by atoms with Gasteiger partial charge in [-0.1, -0.05) is 60.7 Å². The summed E-state index contributed by atoms with van der Waals surface area (Å²) in [5.74, 6) is 0.681. The van der Waals surface area contributed by atoms with Crippen LogP contribution in [0.25, 0.3) is 11.1 Å². The fourth-order valence-electron chi connectivity index (χ4n) is 4.30. The van der Waals surface area contributed by atoms with E-state index in [2.05, 4.69) is 24.3 Å². The second-order valence-corrected chi connectivity index (χ2v) is 7.56. The molecule has 0 aromatic heterocycles. The van der Waals surface area contributed by atoms with Crippen LogP contribution < -0.4 is 4.74 Å². The molecule has 0 spiro atoms. The fourth-order valence-corrected chi connectivity index (χ4v) is 4.30. The number of carbonyl (C=O) groups excluding carboxylic acids is 2. The third kappa shape index (κ3) is 3.22. The molecule has 0 N–H and O–H groups in total. The number of aldehydes is 1. The number of nitrogens with zero attached hydrogens (tertiary/aromatic N) is 1. The van der Waals surface area contributed by atoms with E-state index in [1.165, 1.54) is 22.3 Å². The lowest BCUT2D eigenvalue weighted by molar-refractivity contribution is 0.0947. The standard InChI is InChI=1S/C25H21NO4/c27-15-17-9-10-18-14-26(11-12-29-24(18)13-17)25(28)30-16-23-21-7-3-1-5-19(21)20-6-2-4-8-22(20)23/h1-10,13,15,23H,11-12,14,16H2. The maximum Gasteiger partial charge on any atom is 0.410 e. The zero-order chi connectivity index (χ0) is 20.5. The Balaban J connectivity index is 1.32. The van der Waals surface area contributed by atoms with E-state index in [9.17, 15) is 9.59 Å². The molecule has 30 heavy (non-hydrogen) atoms. The molecule has 0 unspecified atom stereocenters. The van der Waals surface area contributed by atoms with E-state index in [4.69, 9.17) is 9.47 Å². The van der Waals surface area contributed by atoms with Gasteiger partial charge in [0.15, 0.2) is 0 Å². The number of ether oxygens (including phenoxy) is 2. The monoisotopic (exact) mass is 399 g/mol. The molecule has 3 aromatic carbocycles. The minimum absolute atomic E-state index is 0.0343. The van der Waals surface area contributed by atoms with Crippen molar-refractivity contribution in [1.82, 2.24) is 4.90 Å². The third-order valence-corrected chi connectivity index (χ3v) is 5.80. The van der Waals surface area contributed by atoms with Crippen LogP contribution in [0.1, 0.15) is 33.0 Å². The van der Waals surface area contributed by atoms with Gasteiger partial charge in [0, 0.05) is 17.0 Å². The predicted octanol–water partition coefficient (Wildman–Crippen LogP) is 4.64. The van der Waals surface area contributed by atoms with Crippen molar-refractivity contribution in [3.63, 3.8) is 0 Å². The van der Waals surface area contributed by atoms with Crippen molar-refractivity contribution in [2.75, 3.05) is 19.8 Å². The highest BCUT2D eigenvalue weighted by Gasteiger charge is 2.30. The van der Waals surface area contributed by atoms with Crippen LogP contribution >= 0.6 is 0 Å². The molecule has 5 nitrogen and oxygen atoms in total. The molecule has 0 fully saturated rings. The lowest BCUT2D eigenvalue weighted by atomic mass is 9.98. The SMILES string of the molecule is O=Cc1ccc2c(c1)OCCN(C(=O)OCC1c3ccccc3-c3ccccc31)C2. The first kappa shape index (κ1) is 18.4. The van der Waals surface area contributed by atoms with E-state index in [-0.39, 0.29) is 12.0 Å². The number of benzene rings is 3. The van der Waals surface area contributed by atoms with Crippen molar-refractivity contribution >= 4 is 12.4 Å². The van der Waals surface area contributed by atoms with Crippen LogP contribution in [0, 0.1) is 0 Å². The van der Waals surface area contributed by atoms with Gasteiger partial charge >= 0.3 is 6.09 Å². The highest BCUT2D eigenvalue weighted by Crippen LogP contribution is 2.44. The van der Waals surface area contributed by atoms with E-state index in [0.29, 0.717) is 37.6 Å². The molecule has 0 saturated carbocycles. The molecule has 150 valence electrons. The molecule has 5 rings (SSSR count). The molecule has 0 saturated heterocycles. The van der Waals surface area contributed by atoms with Crippen LogP contribution in [0.2, 0.25) is 0 Å². The Hall–Kier alpha value is -3.60. The highest BCUT2D eigenvalue weighted by atomic mass is 16.6. The molecule has 1 heterocycles. The largest absolute Gasteiger partial charge is 0.491 e. The van der Waals surface area contributed by atoms with Crippen LogP contribution in [0.4, 0.5) is 4.79 Å². The quantitative estimate of drug-likeness (QED) is 0.602. The van der Waals surface area contributed by atoms with Crippen molar-refractivity contribution < 1.29 is 19.1 Å². The average Bonchev–Trinajstić information content (AvgIpc) is 2.95. The maximum absolute atomic E-state index is 12.9. The second-order valence-electron chi connectivity index (χ2n) is 7.56. The molecule has 1 aliphatic heterocycles. The van der Waals surface area contributed by atoms with Gasteiger partial charge in [-0.05, 0) is 28.3 Å². The number of hydrogen-bond donors (Lipinski definition) is 0. The van der Waals surface area contributed by atoms with Crippen LogP contribution in [-0.2, 0) is 11.3 Å². The minimum atomic E-state index is -0.354. The molecule has 1 aliphatic carbocycles. The van der Waals surface area contributed by atoms with Gasteiger partial charge in [-0.2, -0.15) is 0 Å². The summed E-state index contributed by atoms with van der Waals surface area (Å²) >= 11 is 0. The van der Waals surface area contributed by atoms with E-state index < -0.39 is 0 Å². The van der Waals surface area contributed by atoms with E-state index in [0.717, 1.165) is 11.8 Å². The first-order valence-corrected chi connectivity index (χ1v) is 10.1. The Bertz CT molecular complexity index is 1080. The molecule has 0 radical (unpaired) electrons. The molecule has 1 amide bonds. The molecule has 2 aliphatic rings. The van der Waals surface area contributed by atoms with Gasteiger partial charge in [0.1, 0.15) is 25.2 Å². The predicted molar refractivity (Wildman–Crippen MR) is 113 cm³/mol. The number of fused-ring (bicyclic) bond motifs is 4. The topological polar surface area (TPSA) is 55.8 Å². The van der Waals surface area contributed by atoms with E-state index in [1.807, 2.05) is 30.3 Å². The lowest BCUT2D eigenvalue weighted by Gasteiger charge is -2.21. The van der Waals surface area contributed by atoms with Crippen molar-refractivity contribution in [2.45, 2.75) is 12.5 Å². The summed E-state index contributed by atoms with van der Waals surface area (Å²) in [6.07, 6.45) is 0.436. The molecule has 0 atom stereocenters. The maximum atomic E-state index is 12.9. The first-order chi connectivity index (χ1) is 14.7. The number of rotatable bonds is 3. The van der Waals surface area contributed by atoms with Crippen LogP contribution in [-0.4, -0.2) is 37.0 Å². The molecule has 3 aromatic rings. The summed E-state index contributed by atoms with van der Waals surface area (Å²) < 4.78 is 11.5. The summed E-state index contributed by atoms with van der Waals surface area (Å²) in [6.45, 7) is 1.48. The Morgan fingerprint density at radius 3 is 2.43 bits per heavy atom. The Morgan fingerprint density at radius 2 is 1.73 bits per heavy atom. The normalized spacial score (nSPS) is 14.7. The van der Waals surface area contributed by atoms with Gasteiger partial charge in [0.2, 0.25) is 0 Å². The van der Waals surface area contributed by atoms with Gasteiger partial charge in [-0.15, -0.1) is 0 Å². The zero-order valence-electron chi connectivity index (χ0n) is 16.4. The third-order valence-electron chi connectivity index (χ3n) is 5.80. The van der Waals surface area contributed by atoms with Crippen molar-refractivity contribution in [1.29, 1.82) is 0 Å². The summed E-state index contributed by atoms with van der Waals surface area (Å²) in [5.41, 5.74) is 6.22. The fraction of sp³-hybridized carbons (Fsp3) is 0.200. The van der Waals surface area contributed by atoms with Crippen molar-refractivity contribution in [2.24, 2.45) is 0 Å². The Morgan fingerprint density at radius 1 is 1.03 bits per heavy atom. The van der Waals surface area contributed by atoms with Gasteiger partial charge < -0.3 is 14.4 Å². The molecular weight excluding hydrogens is 378 g/mol. The zero-order valence-corrected chi connectivity index (χ0v) is 16.4. The number of carbonyl (C=O) groups is 2. The summed E-state index contributed by atoms with van der Waals surface area (Å²) in [7, 11) is 0. The van der Waals surface area contributed by atoms with E-state index in [1.54, 1.807) is 17.0 Å². The van der Waals surface area contributed by atoms with Gasteiger partial charge in [0.25, 0.3) is 0 Å². The molecular formula is C25H21NO4. The summed E-state index contributed by atoms with van der Waals surface area (Å²) in [6, 6.07) is 21.8. The molecule has 0 bridgehead atoms. The smallest absolute Gasteiger partial charge is 0.410 e. The van der Waals surface area contributed by atoms with Crippen LogP contribution in [0.15, 0.2) is 66.7 Å². The van der Waals surface area contributed by atoms with E-state index >= 15 is 0 Å². The molecule has 5 heteroatoms. The lowest BCUT2D eigenvalue weighted by Crippen LogP contribution is -2.33. The highest BCUT2D eigenvalue weighted by molar-refractivity contribution is 5.79. The minimum Gasteiger partial charge on any atom is -0.491 e. The summed E-state index contributed by atoms with van der Waals surface area (Å²) in [5, 5.41) is 0. The van der Waals surface area contributed by atoms with Gasteiger partial charge in [0.05, 0.1) is 13.1 Å².